The van der Waals surface area contributed by atoms with E-state index in [1.54, 1.807) is 0 Å². The highest BCUT2D eigenvalue weighted by Crippen LogP contribution is 2.24. The molecule has 2 fully saturated rings. The Morgan fingerprint density at radius 1 is 1.22 bits per heavy atom. The molecule has 0 spiro atoms. The molecular weight excluding hydrogens is 230 g/mol. The van der Waals surface area contributed by atoms with Crippen LogP contribution in [0.1, 0.15) is 32.1 Å². The summed E-state index contributed by atoms with van der Waals surface area (Å²) in [5.74, 6) is -0.727. The Bertz CT molecular complexity index is 271. The van der Waals surface area contributed by atoms with Gasteiger partial charge in [-0.1, -0.05) is 12.8 Å². The van der Waals surface area contributed by atoms with Crippen LogP contribution < -0.4 is 5.73 Å². The molecule has 1 saturated carbocycles. The van der Waals surface area contributed by atoms with E-state index in [1.165, 1.54) is 25.7 Å². The first kappa shape index (κ1) is 13.8. The normalized spacial score (nSPS) is 25.4. The number of nitrogens with two attached hydrogens (primary N) is 1. The first-order valence-corrected chi connectivity index (χ1v) is 7.13. The number of piperazine rings is 1. The second-order valence-corrected chi connectivity index (χ2v) is 5.44. The summed E-state index contributed by atoms with van der Waals surface area (Å²) in [6.07, 6.45) is 5.92. The molecule has 2 rings (SSSR count). The minimum Gasteiger partial charge on any atom is -0.480 e. The van der Waals surface area contributed by atoms with Crippen molar-refractivity contribution in [2.45, 2.75) is 44.2 Å². The van der Waals surface area contributed by atoms with Crippen molar-refractivity contribution in [1.29, 1.82) is 0 Å². The van der Waals surface area contributed by atoms with Crippen LogP contribution in [0, 0.1) is 0 Å². The summed E-state index contributed by atoms with van der Waals surface area (Å²) < 4.78 is 0. The predicted molar refractivity (Wildman–Crippen MR) is 70.5 cm³/mol. The summed E-state index contributed by atoms with van der Waals surface area (Å²) in [6.45, 7) is 4.21. The van der Waals surface area contributed by atoms with Crippen LogP contribution in [0.25, 0.3) is 0 Å². The molecule has 18 heavy (non-hydrogen) atoms. The van der Waals surface area contributed by atoms with Gasteiger partial charge in [0.1, 0.15) is 6.04 Å². The maximum Gasteiger partial charge on any atom is 0.320 e. The van der Waals surface area contributed by atoms with Crippen molar-refractivity contribution in [3.8, 4) is 0 Å². The monoisotopic (exact) mass is 255 g/mol. The van der Waals surface area contributed by atoms with Crippen molar-refractivity contribution in [1.82, 2.24) is 9.80 Å². The van der Waals surface area contributed by atoms with Crippen molar-refractivity contribution >= 4 is 5.97 Å². The van der Waals surface area contributed by atoms with E-state index in [-0.39, 0.29) is 6.04 Å². The lowest BCUT2D eigenvalue weighted by molar-refractivity contribution is -0.144. The van der Waals surface area contributed by atoms with Crippen LogP contribution in [0.3, 0.4) is 0 Å². The van der Waals surface area contributed by atoms with Gasteiger partial charge in [0.2, 0.25) is 0 Å². The van der Waals surface area contributed by atoms with Crippen molar-refractivity contribution in [3.63, 3.8) is 0 Å². The number of carboxylic acids is 1. The first-order chi connectivity index (χ1) is 8.72. The van der Waals surface area contributed by atoms with Crippen LogP contribution in [0.15, 0.2) is 0 Å². The van der Waals surface area contributed by atoms with Gasteiger partial charge in [-0.2, -0.15) is 0 Å². The van der Waals surface area contributed by atoms with Crippen LogP contribution in [-0.2, 0) is 4.79 Å². The van der Waals surface area contributed by atoms with E-state index in [2.05, 4.69) is 9.80 Å². The molecule has 1 saturated heterocycles. The fourth-order valence-electron chi connectivity index (χ4n) is 3.30. The van der Waals surface area contributed by atoms with E-state index >= 15 is 0 Å². The van der Waals surface area contributed by atoms with Crippen LogP contribution >= 0.6 is 0 Å². The number of carboxylic acid groups (broad SMARTS) is 1. The Labute approximate surface area is 109 Å². The number of hydrogen-bond acceptors (Lipinski definition) is 4. The van der Waals surface area contributed by atoms with E-state index in [0.717, 1.165) is 32.2 Å². The van der Waals surface area contributed by atoms with E-state index in [9.17, 15) is 9.90 Å². The Morgan fingerprint density at radius 2 is 1.83 bits per heavy atom. The van der Waals surface area contributed by atoms with Gasteiger partial charge in [0.25, 0.3) is 0 Å². The van der Waals surface area contributed by atoms with Gasteiger partial charge in [0.15, 0.2) is 0 Å². The quantitative estimate of drug-likeness (QED) is 0.742. The molecule has 0 aromatic carbocycles. The molecule has 5 nitrogen and oxygen atoms in total. The van der Waals surface area contributed by atoms with Crippen molar-refractivity contribution < 1.29 is 9.90 Å². The second kappa shape index (κ2) is 6.50. The zero-order valence-electron chi connectivity index (χ0n) is 11.1. The first-order valence-electron chi connectivity index (χ1n) is 7.13. The zero-order chi connectivity index (χ0) is 13.0. The highest BCUT2D eigenvalue weighted by atomic mass is 16.4. The molecule has 0 bridgehead atoms. The van der Waals surface area contributed by atoms with Crippen LogP contribution in [-0.4, -0.2) is 65.7 Å². The molecule has 3 N–H and O–H groups in total. The third kappa shape index (κ3) is 3.22. The molecule has 0 amide bonds. The average molecular weight is 255 g/mol. The van der Waals surface area contributed by atoms with Gasteiger partial charge >= 0.3 is 5.97 Å². The Kier molecular flexibility index (Phi) is 4.97. The minimum atomic E-state index is -0.727. The molecule has 5 heteroatoms. The number of aliphatic carboxylic acids is 1. The Hall–Kier alpha value is -0.650. The summed E-state index contributed by atoms with van der Waals surface area (Å²) in [6, 6.07) is 0.366. The molecule has 1 aliphatic heterocycles. The lowest BCUT2D eigenvalue weighted by Crippen LogP contribution is -2.54. The molecule has 1 unspecified atom stereocenters. The third-order valence-corrected chi connectivity index (χ3v) is 4.36. The lowest BCUT2D eigenvalue weighted by Gasteiger charge is -2.40. The molecule has 1 aliphatic carbocycles. The molecule has 1 heterocycles. The molecular formula is C13H25N3O2. The summed E-state index contributed by atoms with van der Waals surface area (Å²) in [5.41, 5.74) is 5.50. The third-order valence-electron chi connectivity index (χ3n) is 4.36. The fraction of sp³-hybridized carbons (Fsp3) is 0.923. The summed E-state index contributed by atoms with van der Waals surface area (Å²) in [5, 5.41) is 9.22. The number of hydrogen-bond donors (Lipinski definition) is 2. The SMILES string of the molecule is NCCC(C(=O)O)N1CCN(C2CCCC2)CC1. The summed E-state index contributed by atoms with van der Waals surface area (Å²) in [4.78, 5) is 15.8. The Morgan fingerprint density at radius 3 is 2.33 bits per heavy atom. The molecule has 0 aromatic heterocycles. The van der Waals surface area contributed by atoms with Crippen LogP contribution in [0.4, 0.5) is 0 Å². The number of carbonyl (C=O) groups is 1. The van der Waals surface area contributed by atoms with Crippen molar-refractivity contribution in [2.24, 2.45) is 5.73 Å². The summed E-state index contributed by atoms with van der Waals surface area (Å²) in [7, 11) is 0. The standard InChI is InChI=1S/C13H25N3O2/c14-6-5-12(13(17)18)16-9-7-15(8-10-16)11-3-1-2-4-11/h11-12H,1-10,14H2,(H,17,18). The lowest BCUT2D eigenvalue weighted by atomic mass is 10.1. The maximum absolute atomic E-state index is 11.2. The van der Waals surface area contributed by atoms with E-state index in [1.807, 2.05) is 0 Å². The van der Waals surface area contributed by atoms with Crippen LogP contribution in [0.5, 0.6) is 0 Å². The number of nitrogens with zero attached hydrogens (tertiary/aromatic N) is 2. The predicted octanol–water partition coefficient (Wildman–Crippen LogP) is 0.349. The zero-order valence-corrected chi connectivity index (χ0v) is 11.1. The fourth-order valence-corrected chi connectivity index (χ4v) is 3.30. The largest absolute Gasteiger partial charge is 0.480 e. The van der Waals surface area contributed by atoms with Gasteiger partial charge < -0.3 is 10.8 Å². The van der Waals surface area contributed by atoms with Gasteiger partial charge in [0.05, 0.1) is 0 Å². The molecule has 2 aliphatic rings. The molecule has 104 valence electrons. The van der Waals surface area contributed by atoms with Crippen LogP contribution in [0.2, 0.25) is 0 Å². The van der Waals surface area contributed by atoms with Gasteiger partial charge in [-0.3, -0.25) is 14.6 Å². The van der Waals surface area contributed by atoms with E-state index in [4.69, 9.17) is 5.73 Å². The Balaban J connectivity index is 1.82. The number of rotatable bonds is 5. The minimum absolute atomic E-state index is 0.388. The van der Waals surface area contributed by atoms with Crippen molar-refractivity contribution in [2.75, 3.05) is 32.7 Å². The summed E-state index contributed by atoms with van der Waals surface area (Å²) >= 11 is 0. The maximum atomic E-state index is 11.2. The second-order valence-electron chi connectivity index (χ2n) is 5.44. The van der Waals surface area contributed by atoms with Gasteiger partial charge in [-0.25, -0.2) is 0 Å². The smallest absolute Gasteiger partial charge is 0.320 e. The average Bonchev–Trinajstić information content (AvgIpc) is 2.90. The molecule has 0 radical (unpaired) electrons. The molecule has 1 atom stereocenters. The highest BCUT2D eigenvalue weighted by Gasteiger charge is 2.31. The topological polar surface area (TPSA) is 69.8 Å². The van der Waals surface area contributed by atoms with E-state index in [0.29, 0.717) is 13.0 Å². The highest BCUT2D eigenvalue weighted by molar-refractivity contribution is 5.73. The van der Waals surface area contributed by atoms with Gasteiger partial charge in [0, 0.05) is 32.2 Å². The van der Waals surface area contributed by atoms with E-state index < -0.39 is 5.97 Å². The van der Waals surface area contributed by atoms with Gasteiger partial charge in [-0.15, -0.1) is 0 Å². The van der Waals surface area contributed by atoms with Gasteiger partial charge in [-0.05, 0) is 25.8 Å². The van der Waals surface area contributed by atoms with Crippen molar-refractivity contribution in [3.05, 3.63) is 0 Å². The molecule has 0 aromatic rings.